The van der Waals surface area contributed by atoms with Crippen molar-refractivity contribution >= 4 is 5.97 Å². The summed E-state index contributed by atoms with van der Waals surface area (Å²) in [5, 5.41) is 9.21. The second-order valence-corrected chi connectivity index (χ2v) is 5.14. The summed E-state index contributed by atoms with van der Waals surface area (Å²) in [4.78, 5) is 13.2. The van der Waals surface area contributed by atoms with E-state index in [9.17, 15) is 9.90 Å². The molecule has 3 heteroatoms. The van der Waals surface area contributed by atoms with Gasteiger partial charge in [0.1, 0.15) is 6.04 Å². The van der Waals surface area contributed by atoms with Gasteiger partial charge in [-0.3, -0.25) is 9.69 Å². The normalized spacial score (nSPS) is 15.4. The van der Waals surface area contributed by atoms with Crippen LogP contribution in [0.15, 0.2) is 0 Å². The maximum atomic E-state index is 11.2. The van der Waals surface area contributed by atoms with Gasteiger partial charge in [0, 0.05) is 6.04 Å². The van der Waals surface area contributed by atoms with E-state index in [0.29, 0.717) is 12.0 Å². The van der Waals surface area contributed by atoms with Gasteiger partial charge >= 0.3 is 5.97 Å². The van der Waals surface area contributed by atoms with E-state index in [0.717, 1.165) is 25.7 Å². The Morgan fingerprint density at radius 1 is 1.31 bits per heavy atom. The van der Waals surface area contributed by atoms with Crippen molar-refractivity contribution in [1.82, 2.24) is 4.90 Å². The van der Waals surface area contributed by atoms with Gasteiger partial charge in [-0.1, -0.05) is 33.6 Å². The van der Waals surface area contributed by atoms with E-state index in [1.165, 1.54) is 0 Å². The molecule has 0 aliphatic carbocycles. The number of nitrogens with zero attached hydrogens (tertiary/aromatic N) is 1. The Morgan fingerprint density at radius 3 is 2.25 bits per heavy atom. The van der Waals surface area contributed by atoms with Crippen LogP contribution >= 0.6 is 0 Å². The first-order valence-electron chi connectivity index (χ1n) is 6.34. The summed E-state index contributed by atoms with van der Waals surface area (Å²) in [5.41, 5.74) is 0. The standard InChI is InChI=1S/C13H27NO2/c1-6-7-8-12(13(15)16)14(5)11(4)9-10(2)3/h10-12H,6-9H2,1-5H3,(H,15,16). The quantitative estimate of drug-likeness (QED) is 0.695. The molecule has 0 amide bonds. The average Bonchev–Trinajstić information content (AvgIpc) is 2.16. The molecule has 0 saturated carbocycles. The number of likely N-dealkylation sites (N-methyl/N-ethyl adjacent to an activating group) is 1. The van der Waals surface area contributed by atoms with E-state index < -0.39 is 5.97 Å². The summed E-state index contributed by atoms with van der Waals surface area (Å²) in [5.74, 6) is -0.0790. The Labute approximate surface area is 99.8 Å². The first kappa shape index (κ1) is 15.4. The van der Waals surface area contributed by atoms with Crippen LogP contribution < -0.4 is 0 Å². The van der Waals surface area contributed by atoms with Crippen molar-refractivity contribution in [2.45, 2.75) is 65.5 Å². The highest BCUT2D eigenvalue weighted by molar-refractivity contribution is 5.73. The van der Waals surface area contributed by atoms with Gasteiger partial charge in [-0.2, -0.15) is 0 Å². The fraction of sp³-hybridized carbons (Fsp3) is 0.923. The molecule has 0 aromatic heterocycles. The maximum Gasteiger partial charge on any atom is 0.320 e. The minimum atomic E-state index is -0.688. The lowest BCUT2D eigenvalue weighted by molar-refractivity contribution is -0.144. The third kappa shape index (κ3) is 5.50. The molecular weight excluding hydrogens is 202 g/mol. The number of aliphatic carboxylic acids is 1. The Morgan fingerprint density at radius 2 is 1.88 bits per heavy atom. The van der Waals surface area contributed by atoms with Gasteiger partial charge in [0.15, 0.2) is 0 Å². The van der Waals surface area contributed by atoms with Crippen molar-refractivity contribution < 1.29 is 9.90 Å². The van der Waals surface area contributed by atoms with E-state index in [1.807, 2.05) is 11.9 Å². The first-order valence-corrected chi connectivity index (χ1v) is 6.34. The summed E-state index contributed by atoms with van der Waals surface area (Å²) in [6.07, 6.45) is 3.84. The van der Waals surface area contributed by atoms with E-state index in [2.05, 4.69) is 27.7 Å². The molecule has 0 aliphatic heterocycles. The van der Waals surface area contributed by atoms with E-state index in [1.54, 1.807) is 0 Å². The van der Waals surface area contributed by atoms with Crippen molar-refractivity contribution in [1.29, 1.82) is 0 Å². The molecule has 0 aliphatic rings. The highest BCUT2D eigenvalue weighted by atomic mass is 16.4. The van der Waals surface area contributed by atoms with Gasteiger partial charge in [-0.15, -0.1) is 0 Å². The van der Waals surface area contributed by atoms with Crippen molar-refractivity contribution in [3.8, 4) is 0 Å². The summed E-state index contributed by atoms with van der Waals surface area (Å²) >= 11 is 0. The van der Waals surface area contributed by atoms with Crippen LogP contribution in [-0.4, -0.2) is 35.1 Å². The zero-order chi connectivity index (χ0) is 12.7. The van der Waals surface area contributed by atoms with Crippen LogP contribution in [0.5, 0.6) is 0 Å². The molecular formula is C13H27NO2. The highest BCUT2D eigenvalue weighted by Crippen LogP contribution is 2.16. The molecule has 0 aromatic carbocycles. The molecule has 0 saturated heterocycles. The number of carboxylic acid groups (broad SMARTS) is 1. The zero-order valence-electron chi connectivity index (χ0n) is 11.4. The largest absolute Gasteiger partial charge is 0.480 e. The molecule has 0 heterocycles. The molecule has 0 radical (unpaired) electrons. The van der Waals surface area contributed by atoms with E-state index in [-0.39, 0.29) is 6.04 Å². The van der Waals surface area contributed by atoms with Gasteiger partial charge < -0.3 is 5.11 Å². The lowest BCUT2D eigenvalue weighted by Gasteiger charge is -2.31. The van der Waals surface area contributed by atoms with Crippen LogP contribution in [0.2, 0.25) is 0 Å². The number of hydrogen-bond donors (Lipinski definition) is 1. The zero-order valence-corrected chi connectivity index (χ0v) is 11.4. The summed E-state index contributed by atoms with van der Waals surface area (Å²) in [6.45, 7) is 8.55. The van der Waals surface area contributed by atoms with Crippen LogP contribution in [-0.2, 0) is 4.79 Å². The fourth-order valence-corrected chi connectivity index (χ4v) is 2.05. The van der Waals surface area contributed by atoms with Gasteiger partial charge in [0.25, 0.3) is 0 Å². The van der Waals surface area contributed by atoms with Crippen LogP contribution in [0.1, 0.15) is 53.4 Å². The lowest BCUT2D eigenvalue weighted by atomic mass is 10.0. The lowest BCUT2D eigenvalue weighted by Crippen LogP contribution is -2.44. The number of carbonyl (C=O) groups is 1. The second kappa shape index (κ2) is 7.66. The van der Waals surface area contributed by atoms with Crippen LogP contribution in [0.25, 0.3) is 0 Å². The number of carboxylic acids is 1. The predicted octanol–water partition coefficient (Wildman–Crippen LogP) is 3.00. The van der Waals surface area contributed by atoms with Crippen molar-refractivity contribution in [3.05, 3.63) is 0 Å². The minimum Gasteiger partial charge on any atom is -0.480 e. The Balaban J connectivity index is 4.35. The monoisotopic (exact) mass is 229 g/mol. The molecule has 16 heavy (non-hydrogen) atoms. The molecule has 2 unspecified atom stereocenters. The summed E-state index contributed by atoms with van der Waals surface area (Å²) in [7, 11) is 1.93. The third-order valence-corrected chi connectivity index (χ3v) is 3.12. The molecule has 1 N–H and O–H groups in total. The number of unbranched alkanes of at least 4 members (excludes halogenated alkanes) is 1. The highest BCUT2D eigenvalue weighted by Gasteiger charge is 2.25. The van der Waals surface area contributed by atoms with Gasteiger partial charge in [0.05, 0.1) is 0 Å². The van der Waals surface area contributed by atoms with Gasteiger partial charge in [-0.05, 0) is 32.7 Å². The molecule has 0 rings (SSSR count). The molecule has 0 fully saturated rings. The molecule has 2 atom stereocenters. The van der Waals surface area contributed by atoms with Gasteiger partial charge in [0.2, 0.25) is 0 Å². The Bertz CT molecular complexity index is 204. The SMILES string of the molecule is CCCCC(C(=O)O)N(C)C(C)CC(C)C. The molecule has 0 spiro atoms. The Hall–Kier alpha value is -0.570. The van der Waals surface area contributed by atoms with E-state index in [4.69, 9.17) is 0 Å². The minimum absolute atomic E-state index is 0.325. The molecule has 96 valence electrons. The average molecular weight is 229 g/mol. The fourth-order valence-electron chi connectivity index (χ4n) is 2.05. The maximum absolute atomic E-state index is 11.2. The topological polar surface area (TPSA) is 40.5 Å². The van der Waals surface area contributed by atoms with Crippen molar-refractivity contribution in [3.63, 3.8) is 0 Å². The smallest absolute Gasteiger partial charge is 0.320 e. The molecule has 3 nitrogen and oxygen atoms in total. The number of rotatable bonds is 8. The number of hydrogen-bond acceptors (Lipinski definition) is 2. The van der Waals surface area contributed by atoms with E-state index >= 15 is 0 Å². The molecule has 0 bridgehead atoms. The van der Waals surface area contributed by atoms with Crippen LogP contribution in [0.3, 0.4) is 0 Å². The third-order valence-electron chi connectivity index (χ3n) is 3.12. The molecule has 0 aromatic rings. The Kier molecular flexibility index (Phi) is 7.39. The van der Waals surface area contributed by atoms with Crippen molar-refractivity contribution in [2.75, 3.05) is 7.05 Å². The second-order valence-electron chi connectivity index (χ2n) is 5.14. The van der Waals surface area contributed by atoms with Crippen LogP contribution in [0, 0.1) is 5.92 Å². The van der Waals surface area contributed by atoms with Gasteiger partial charge in [-0.25, -0.2) is 0 Å². The van der Waals surface area contributed by atoms with Crippen molar-refractivity contribution in [2.24, 2.45) is 5.92 Å². The summed E-state index contributed by atoms with van der Waals surface area (Å²) < 4.78 is 0. The first-order chi connectivity index (χ1) is 7.40. The predicted molar refractivity (Wildman–Crippen MR) is 67.6 cm³/mol. The van der Waals surface area contributed by atoms with Crippen LogP contribution in [0.4, 0.5) is 0 Å². The summed E-state index contributed by atoms with van der Waals surface area (Å²) in [6, 6.07) is 0.00616.